The smallest absolute Gasteiger partial charge is 0.187 e. The van der Waals surface area contributed by atoms with Crippen LogP contribution in [0.1, 0.15) is 0 Å². The van der Waals surface area contributed by atoms with Gasteiger partial charge in [0.1, 0.15) is 91.6 Å². The lowest BCUT2D eigenvalue weighted by Gasteiger charge is -2.48. The minimum Gasteiger partial charge on any atom is -0.394 e. The van der Waals surface area contributed by atoms with Gasteiger partial charge in [0.15, 0.2) is 25.2 Å². The lowest BCUT2D eigenvalue weighted by atomic mass is 9.95. The molecule has 45 heavy (non-hydrogen) atoms. The first-order valence-electron chi connectivity index (χ1n) is 14.2. The van der Waals surface area contributed by atoms with Gasteiger partial charge in [0.2, 0.25) is 0 Å². The highest BCUT2D eigenvalue weighted by Gasteiger charge is 2.55. The fourth-order valence-corrected chi connectivity index (χ4v) is 5.59. The predicted octanol–water partition coefficient (Wildman–Crippen LogP) is -9.78. The molecule has 0 bridgehead atoms. The van der Waals surface area contributed by atoms with E-state index in [0.717, 1.165) is 0 Å². The Morgan fingerprint density at radius 3 is 1.40 bits per heavy atom. The van der Waals surface area contributed by atoms with E-state index in [2.05, 4.69) is 0 Å². The fourth-order valence-electron chi connectivity index (χ4n) is 5.59. The molecule has 264 valence electrons. The molecule has 4 aliphatic heterocycles. The van der Waals surface area contributed by atoms with Crippen LogP contribution < -0.4 is 5.73 Å². The molecule has 0 aromatic heterocycles. The zero-order chi connectivity index (χ0) is 33.3. The first-order valence-corrected chi connectivity index (χ1v) is 14.2. The van der Waals surface area contributed by atoms with Gasteiger partial charge in [-0.05, 0) is 0 Å². The Bertz CT molecular complexity index is 922. The van der Waals surface area contributed by atoms with E-state index < -0.39 is 149 Å². The highest BCUT2D eigenvalue weighted by Crippen LogP contribution is 2.34. The Balaban J connectivity index is 1.52. The summed E-state index contributed by atoms with van der Waals surface area (Å²) in [6, 6.07) is -1.40. The first kappa shape index (κ1) is 37.0. The number of aliphatic hydroxyl groups excluding tert-OH is 13. The summed E-state index contributed by atoms with van der Waals surface area (Å²) < 4.78 is 38.0. The quantitative estimate of drug-likeness (QED) is 0.0973. The van der Waals surface area contributed by atoms with Crippen LogP contribution in [0.5, 0.6) is 0 Å². The standard InChI is InChI=1S/C24H43NO20/c25-9-12(33)18(8(4-29)39-21(9)38)43-23-15(36)20(11(32)6(2-27)40-23)45-24-16(37)19(10(31)7(3-28)41-24)44-22-14(35)13(34)17(42-22)5(30)1-26/h5-24,26-38H,1-4,25H2/t5-,6-,7-,8-,9-,10-,11-,12-,13-,14-,15+,16+,17+,18-,19+,20+,21+,22+,23-,24-/m1/s1. The molecule has 15 N–H and O–H groups in total. The Morgan fingerprint density at radius 1 is 0.511 bits per heavy atom. The predicted molar refractivity (Wildman–Crippen MR) is 136 cm³/mol. The largest absolute Gasteiger partial charge is 0.394 e. The minimum atomic E-state index is -2.02. The van der Waals surface area contributed by atoms with Crippen molar-refractivity contribution >= 4 is 0 Å². The normalized spacial score (nSPS) is 51.7. The monoisotopic (exact) mass is 665 g/mol. The third kappa shape index (κ3) is 7.44. The van der Waals surface area contributed by atoms with E-state index >= 15 is 0 Å². The molecule has 21 heteroatoms. The zero-order valence-corrected chi connectivity index (χ0v) is 23.6. The lowest BCUT2D eigenvalue weighted by Crippen LogP contribution is -2.67. The fraction of sp³-hybridized carbons (Fsp3) is 1.00. The molecule has 0 amide bonds. The van der Waals surface area contributed by atoms with Crippen LogP contribution in [-0.2, 0) is 33.2 Å². The summed E-state index contributed by atoms with van der Waals surface area (Å²) in [7, 11) is 0. The number of hydrogen-bond donors (Lipinski definition) is 14. The second-order valence-corrected chi connectivity index (χ2v) is 11.2. The summed E-state index contributed by atoms with van der Waals surface area (Å²) in [5, 5.41) is 133. The molecule has 20 atom stereocenters. The second-order valence-electron chi connectivity index (χ2n) is 11.2. The summed E-state index contributed by atoms with van der Waals surface area (Å²) in [6.45, 7) is -3.36. The van der Waals surface area contributed by atoms with Gasteiger partial charge >= 0.3 is 0 Å². The molecule has 21 nitrogen and oxygen atoms in total. The second kappa shape index (κ2) is 15.6. The molecule has 0 aromatic rings. The van der Waals surface area contributed by atoms with Gasteiger partial charge < -0.3 is 105 Å². The molecule has 0 radical (unpaired) electrons. The maximum atomic E-state index is 11.1. The molecule has 4 rings (SSSR count). The molecule has 0 saturated carbocycles. The molecule has 0 spiro atoms. The number of hydrogen-bond acceptors (Lipinski definition) is 21. The van der Waals surface area contributed by atoms with E-state index in [0.29, 0.717) is 0 Å². The summed E-state index contributed by atoms with van der Waals surface area (Å²) in [5.74, 6) is 0. The summed E-state index contributed by atoms with van der Waals surface area (Å²) in [5.41, 5.74) is 5.71. The van der Waals surface area contributed by atoms with Gasteiger partial charge in [-0.1, -0.05) is 0 Å². The number of aliphatic hydroxyl groups is 13. The van der Waals surface area contributed by atoms with E-state index in [4.69, 9.17) is 38.9 Å². The maximum Gasteiger partial charge on any atom is 0.187 e. The van der Waals surface area contributed by atoms with Crippen molar-refractivity contribution in [3.8, 4) is 0 Å². The van der Waals surface area contributed by atoms with Gasteiger partial charge in [0.05, 0.1) is 32.5 Å². The molecule has 4 aliphatic rings. The van der Waals surface area contributed by atoms with E-state index in [9.17, 15) is 66.4 Å². The topological polar surface area (TPSA) is 354 Å². The molecule has 4 saturated heterocycles. The van der Waals surface area contributed by atoms with Gasteiger partial charge in [-0.25, -0.2) is 0 Å². The Labute approximate surface area is 255 Å². The van der Waals surface area contributed by atoms with Gasteiger partial charge in [-0.15, -0.1) is 0 Å². The summed E-state index contributed by atoms with van der Waals surface area (Å²) in [4.78, 5) is 0. The number of rotatable bonds is 11. The first-order chi connectivity index (χ1) is 21.3. The molecule has 4 fully saturated rings. The van der Waals surface area contributed by atoms with Crippen molar-refractivity contribution < 1.29 is 99.5 Å². The van der Waals surface area contributed by atoms with Crippen molar-refractivity contribution in [2.45, 2.75) is 123 Å². The van der Waals surface area contributed by atoms with Gasteiger partial charge in [0, 0.05) is 0 Å². The van der Waals surface area contributed by atoms with Gasteiger partial charge in [-0.3, -0.25) is 0 Å². The van der Waals surface area contributed by atoms with Crippen LogP contribution in [0.15, 0.2) is 0 Å². The molecular weight excluding hydrogens is 622 g/mol. The maximum absolute atomic E-state index is 11.1. The Kier molecular flexibility index (Phi) is 12.8. The highest BCUT2D eigenvalue weighted by atomic mass is 16.8. The SMILES string of the molecule is N[C@@H]1[C@@H](O)[C@H](O[C@H]2O[C@H](CO)[C@@H](O)[C@H](O[C@H]3O[C@H](CO)[C@@H](O)[C@H](O[C@@H]4O[C@@H]([C@H](O)CO)[C@H](O)[C@H]4O)[C@@H]3O)[C@@H]2O)[C@@H](CO)O[C@@H]1O. The van der Waals surface area contributed by atoms with Gasteiger partial charge in [0.25, 0.3) is 0 Å². The van der Waals surface area contributed by atoms with Crippen molar-refractivity contribution in [3.63, 3.8) is 0 Å². The molecule has 0 unspecified atom stereocenters. The zero-order valence-electron chi connectivity index (χ0n) is 23.6. The lowest BCUT2D eigenvalue weighted by molar-refractivity contribution is -0.380. The van der Waals surface area contributed by atoms with Gasteiger partial charge in [-0.2, -0.15) is 0 Å². The van der Waals surface area contributed by atoms with Crippen molar-refractivity contribution in [1.29, 1.82) is 0 Å². The van der Waals surface area contributed by atoms with E-state index in [1.54, 1.807) is 0 Å². The molecular formula is C24H43NO20. The van der Waals surface area contributed by atoms with Crippen LogP contribution >= 0.6 is 0 Å². The number of ether oxygens (including phenoxy) is 7. The van der Waals surface area contributed by atoms with Crippen LogP contribution in [-0.4, -0.2) is 216 Å². The summed E-state index contributed by atoms with van der Waals surface area (Å²) in [6.07, 6.45) is -32.7. The molecule has 0 aromatic carbocycles. The molecule has 0 aliphatic carbocycles. The van der Waals surface area contributed by atoms with E-state index in [1.165, 1.54) is 0 Å². The van der Waals surface area contributed by atoms with Crippen molar-refractivity contribution in [2.75, 3.05) is 26.4 Å². The van der Waals surface area contributed by atoms with Crippen LogP contribution in [0.4, 0.5) is 0 Å². The highest BCUT2D eigenvalue weighted by molar-refractivity contribution is 4.98. The van der Waals surface area contributed by atoms with Crippen molar-refractivity contribution in [2.24, 2.45) is 5.73 Å². The van der Waals surface area contributed by atoms with Crippen LogP contribution in [0, 0.1) is 0 Å². The van der Waals surface area contributed by atoms with E-state index in [-0.39, 0.29) is 0 Å². The van der Waals surface area contributed by atoms with Crippen LogP contribution in [0.2, 0.25) is 0 Å². The molecule has 4 heterocycles. The van der Waals surface area contributed by atoms with Crippen molar-refractivity contribution in [3.05, 3.63) is 0 Å². The minimum absolute atomic E-state index is 0.773. The third-order valence-electron chi connectivity index (χ3n) is 8.26. The number of nitrogens with two attached hydrogens (primary N) is 1. The Morgan fingerprint density at radius 2 is 0.956 bits per heavy atom. The third-order valence-corrected chi connectivity index (χ3v) is 8.26. The van der Waals surface area contributed by atoms with E-state index in [1.807, 2.05) is 0 Å². The summed E-state index contributed by atoms with van der Waals surface area (Å²) >= 11 is 0. The van der Waals surface area contributed by atoms with Crippen LogP contribution in [0.25, 0.3) is 0 Å². The average molecular weight is 666 g/mol. The van der Waals surface area contributed by atoms with Crippen molar-refractivity contribution in [1.82, 2.24) is 0 Å². The Hall–Kier alpha value is -0.840. The average Bonchev–Trinajstić information content (AvgIpc) is 3.31. The van der Waals surface area contributed by atoms with Crippen LogP contribution in [0.3, 0.4) is 0 Å².